The van der Waals surface area contributed by atoms with Gasteiger partial charge < -0.3 is 10.1 Å². The number of nitrogens with one attached hydrogen (secondary N) is 2. The first kappa shape index (κ1) is 22.0. The maximum absolute atomic E-state index is 12.9. The second-order valence-corrected chi connectivity index (χ2v) is 6.95. The predicted octanol–water partition coefficient (Wildman–Crippen LogP) is 4.54. The zero-order valence-electron chi connectivity index (χ0n) is 16.3. The fraction of sp³-hybridized carbons (Fsp3) is 0.0870. The molecule has 2 N–H and O–H groups in total. The maximum atomic E-state index is 12.9. The summed E-state index contributed by atoms with van der Waals surface area (Å²) in [5.74, 6) is -0.819. The minimum absolute atomic E-state index is 0.404. The molecule has 0 atom stereocenters. The average Bonchev–Trinajstić information content (AvgIpc) is 2.76. The third-order valence-corrected chi connectivity index (χ3v) is 4.30. The Labute approximate surface area is 183 Å². The lowest BCUT2D eigenvalue weighted by Crippen LogP contribution is -2.24. The fourth-order valence-corrected chi connectivity index (χ4v) is 2.63. The van der Waals surface area contributed by atoms with Crippen molar-refractivity contribution < 1.29 is 18.7 Å². The molecule has 3 rings (SSSR count). The summed E-state index contributed by atoms with van der Waals surface area (Å²) in [7, 11) is 0. The van der Waals surface area contributed by atoms with Gasteiger partial charge in [-0.1, -0.05) is 23.7 Å². The molecule has 31 heavy (non-hydrogen) atoms. The van der Waals surface area contributed by atoms with Gasteiger partial charge in [0.2, 0.25) is 11.8 Å². The summed E-state index contributed by atoms with van der Waals surface area (Å²) < 4.78 is 18.6. The Balaban J connectivity index is 1.41. The number of anilines is 1. The second-order valence-electron chi connectivity index (χ2n) is 6.51. The number of ether oxygens (including phenoxy) is 1. The van der Waals surface area contributed by atoms with E-state index in [1.165, 1.54) is 30.5 Å². The monoisotopic (exact) mass is 439 g/mol. The van der Waals surface area contributed by atoms with E-state index in [0.717, 1.165) is 11.1 Å². The predicted molar refractivity (Wildman–Crippen MR) is 118 cm³/mol. The molecule has 2 amide bonds. The van der Waals surface area contributed by atoms with Crippen LogP contribution in [0.4, 0.5) is 10.1 Å². The third kappa shape index (κ3) is 7.56. The van der Waals surface area contributed by atoms with E-state index < -0.39 is 24.1 Å². The van der Waals surface area contributed by atoms with Crippen molar-refractivity contribution in [1.29, 1.82) is 0 Å². The van der Waals surface area contributed by atoms with E-state index in [-0.39, 0.29) is 0 Å². The molecule has 0 saturated heterocycles. The molecule has 158 valence electrons. The summed E-state index contributed by atoms with van der Waals surface area (Å²) in [6, 6.07) is 19.8. The van der Waals surface area contributed by atoms with Gasteiger partial charge in [-0.3, -0.25) is 9.59 Å². The molecule has 3 aromatic carbocycles. The van der Waals surface area contributed by atoms with E-state index in [1.54, 1.807) is 36.4 Å². The molecular formula is C23H19ClFN3O3. The average molecular weight is 440 g/mol. The third-order valence-electron chi connectivity index (χ3n) is 4.05. The number of hydrogen-bond acceptors (Lipinski definition) is 4. The Morgan fingerprint density at radius 2 is 1.61 bits per heavy atom. The van der Waals surface area contributed by atoms with Crippen LogP contribution in [-0.2, 0) is 16.2 Å². The van der Waals surface area contributed by atoms with Gasteiger partial charge in [-0.2, -0.15) is 5.10 Å². The van der Waals surface area contributed by atoms with Crippen molar-refractivity contribution >= 4 is 35.3 Å². The van der Waals surface area contributed by atoms with Crippen molar-refractivity contribution in [2.24, 2.45) is 5.10 Å². The molecule has 3 aromatic rings. The number of carbonyl (C=O) groups is 2. The van der Waals surface area contributed by atoms with Crippen LogP contribution < -0.4 is 15.5 Å². The number of nitrogens with zero attached hydrogens (tertiary/aromatic N) is 1. The van der Waals surface area contributed by atoms with Gasteiger partial charge in [0, 0.05) is 10.7 Å². The molecule has 8 heteroatoms. The molecule has 0 radical (unpaired) electrons. The summed E-state index contributed by atoms with van der Waals surface area (Å²) in [6.45, 7) is 0.417. The van der Waals surface area contributed by atoms with Gasteiger partial charge in [0.1, 0.15) is 24.6 Å². The molecule has 0 heterocycles. The zero-order valence-corrected chi connectivity index (χ0v) is 17.1. The molecule has 0 aliphatic carbocycles. The van der Waals surface area contributed by atoms with Crippen LogP contribution in [0.3, 0.4) is 0 Å². The van der Waals surface area contributed by atoms with Crippen LogP contribution in [0.1, 0.15) is 17.5 Å². The van der Waals surface area contributed by atoms with Crippen molar-refractivity contribution in [3.63, 3.8) is 0 Å². The Hall–Kier alpha value is -3.71. The van der Waals surface area contributed by atoms with Gasteiger partial charge in [0.25, 0.3) is 0 Å². The lowest BCUT2D eigenvalue weighted by atomic mass is 10.2. The van der Waals surface area contributed by atoms with Gasteiger partial charge in [0.05, 0.1) is 6.21 Å². The van der Waals surface area contributed by atoms with Crippen molar-refractivity contribution in [2.45, 2.75) is 13.0 Å². The summed E-state index contributed by atoms with van der Waals surface area (Å²) in [6.07, 6.45) is 1.05. The minimum atomic E-state index is -0.571. The summed E-state index contributed by atoms with van der Waals surface area (Å²) >= 11 is 5.86. The van der Waals surface area contributed by atoms with Crippen LogP contribution in [0.25, 0.3) is 0 Å². The number of rotatable bonds is 8. The normalized spacial score (nSPS) is 10.6. The highest BCUT2D eigenvalue weighted by Crippen LogP contribution is 2.15. The lowest BCUT2D eigenvalue weighted by molar-refractivity contribution is -0.126. The first-order valence-corrected chi connectivity index (χ1v) is 9.70. The van der Waals surface area contributed by atoms with E-state index >= 15 is 0 Å². The molecule has 0 saturated carbocycles. The SMILES string of the molecule is O=C(CC(=O)Nc1ccc(F)cc1)NN=Cc1ccc(OCc2ccc(Cl)cc2)cc1. The van der Waals surface area contributed by atoms with E-state index in [1.807, 2.05) is 12.1 Å². The molecule has 0 bridgehead atoms. The number of halogens is 2. The molecule has 0 aromatic heterocycles. The minimum Gasteiger partial charge on any atom is -0.489 e. The second kappa shape index (κ2) is 10.9. The van der Waals surface area contributed by atoms with Crippen LogP contribution in [0.15, 0.2) is 77.9 Å². The van der Waals surface area contributed by atoms with Gasteiger partial charge >= 0.3 is 0 Å². The Morgan fingerprint density at radius 1 is 0.935 bits per heavy atom. The summed E-state index contributed by atoms with van der Waals surface area (Å²) in [5, 5.41) is 7.01. The first-order chi connectivity index (χ1) is 15.0. The number of carbonyl (C=O) groups excluding carboxylic acids is 2. The van der Waals surface area contributed by atoms with E-state index in [4.69, 9.17) is 16.3 Å². The highest BCUT2D eigenvalue weighted by Gasteiger charge is 2.09. The van der Waals surface area contributed by atoms with Crippen LogP contribution >= 0.6 is 11.6 Å². The fourth-order valence-electron chi connectivity index (χ4n) is 2.50. The zero-order chi connectivity index (χ0) is 22.1. The highest BCUT2D eigenvalue weighted by atomic mass is 35.5. The lowest BCUT2D eigenvalue weighted by Gasteiger charge is -2.06. The Morgan fingerprint density at radius 3 is 2.29 bits per heavy atom. The van der Waals surface area contributed by atoms with Gasteiger partial charge in [-0.05, 0) is 71.8 Å². The van der Waals surface area contributed by atoms with Gasteiger partial charge in [-0.15, -0.1) is 0 Å². The smallest absolute Gasteiger partial charge is 0.249 e. The van der Waals surface area contributed by atoms with Gasteiger partial charge in [0.15, 0.2) is 0 Å². The van der Waals surface area contributed by atoms with E-state index in [0.29, 0.717) is 23.1 Å². The molecular weight excluding hydrogens is 421 g/mol. The van der Waals surface area contributed by atoms with Gasteiger partial charge in [-0.25, -0.2) is 9.82 Å². The van der Waals surface area contributed by atoms with E-state index in [2.05, 4.69) is 15.8 Å². The van der Waals surface area contributed by atoms with Crippen molar-refractivity contribution in [3.05, 3.63) is 94.8 Å². The molecule has 6 nitrogen and oxygen atoms in total. The largest absolute Gasteiger partial charge is 0.489 e. The molecule has 0 aliphatic heterocycles. The Kier molecular flexibility index (Phi) is 7.73. The number of hydrogen-bond donors (Lipinski definition) is 2. The topological polar surface area (TPSA) is 79.8 Å². The van der Waals surface area contributed by atoms with Crippen LogP contribution in [-0.4, -0.2) is 18.0 Å². The molecule has 0 aliphatic rings. The molecule has 0 unspecified atom stereocenters. The first-order valence-electron chi connectivity index (χ1n) is 9.32. The van der Waals surface area contributed by atoms with Crippen molar-refractivity contribution in [1.82, 2.24) is 5.43 Å². The quantitative estimate of drug-likeness (QED) is 0.307. The van der Waals surface area contributed by atoms with Crippen LogP contribution in [0.5, 0.6) is 5.75 Å². The molecule has 0 spiro atoms. The number of amides is 2. The Bertz CT molecular complexity index is 1050. The van der Waals surface area contributed by atoms with Crippen LogP contribution in [0, 0.1) is 5.82 Å². The summed E-state index contributed by atoms with van der Waals surface area (Å²) in [5.41, 5.74) is 4.44. The summed E-state index contributed by atoms with van der Waals surface area (Å²) in [4.78, 5) is 23.6. The van der Waals surface area contributed by atoms with Crippen LogP contribution in [0.2, 0.25) is 5.02 Å². The maximum Gasteiger partial charge on any atom is 0.249 e. The standard InChI is InChI=1S/C23H19ClFN3O3/c24-18-5-1-17(2-6-18)15-31-21-11-3-16(4-12-21)14-26-28-23(30)13-22(29)27-20-9-7-19(25)8-10-20/h1-12,14H,13,15H2,(H,27,29)(H,28,30). The number of benzene rings is 3. The van der Waals surface area contributed by atoms with E-state index in [9.17, 15) is 14.0 Å². The highest BCUT2D eigenvalue weighted by molar-refractivity contribution is 6.30. The molecule has 0 fully saturated rings. The van der Waals surface area contributed by atoms with Crippen molar-refractivity contribution in [3.8, 4) is 5.75 Å². The number of hydrazone groups is 1. The van der Waals surface area contributed by atoms with Crippen molar-refractivity contribution in [2.75, 3.05) is 5.32 Å².